The molecule has 1 aromatic heterocycles. The van der Waals surface area contributed by atoms with Gasteiger partial charge in [-0.05, 0) is 18.6 Å². The number of halogens is 2. The minimum atomic E-state index is -0.568. The van der Waals surface area contributed by atoms with E-state index in [4.69, 9.17) is 5.73 Å². The van der Waals surface area contributed by atoms with Crippen LogP contribution in [-0.2, 0) is 0 Å². The molecule has 0 aliphatic rings. The van der Waals surface area contributed by atoms with Gasteiger partial charge >= 0.3 is 0 Å². The van der Waals surface area contributed by atoms with E-state index in [-0.39, 0.29) is 23.0 Å². The lowest BCUT2D eigenvalue weighted by molar-refractivity contribution is 0.595. The van der Waals surface area contributed by atoms with Gasteiger partial charge in [0.1, 0.15) is 23.3 Å². The first-order valence-corrected chi connectivity index (χ1v) is 5.54. The molecule has 0 spiro atoms. The summed E-state index contributed by atoms with van der Waals surface area (Å²) in [5, 5.41) is 5.46. The van der Waals surface area contributed by atoms with E-state index in [0.29, 0.717) is 5.82 Å². The fourth-order valence-electron chi connectivity index (χ4n) is 1.54. The van der Waals surface area contributed by atoms with Crippen LogP contribution >= 0.6 is 0 Å². The summed E-state index contributed by atoms with van der Waals surface area (Å²) in [6.07, 6.45) is 0. The predicted octanol–water partition coefficient (Wildman–Crippen LogP) is 2.43. The summed E-state index contributed by atoms with van der Waals surface area (Å²) in [5.74, 6) is -0.286. The number of anilines is 4. The first-order chi connectivity index (χ1) is 8.99. The van der Waals surface area contributed by atoms with Crippen LogP contribution in [0.15, 0.2) is 18.2 Å². The highest BCUT2D eigenvalue weighted by molar-refractivity contribution is 5.61. The molecule has 4 N–H and O–H groups in total. The molecule has 0 saturated carbocycles. The number of benzene rings is 1. The van der Waals surface area contributed by atoms with Crippen molar-refractivity contribution in [3.8, 4) is 0 Å². The Hall–Kier alpha value is -2.44. The third kappa shape index (κ3) is 2.87. The van der Waals surface area contributed by atoms with Crippen LogP contribution in [0.25, 0.3) is 0 Å². The van der Waals surface area contributed by atoms with Gasteiger partial charge in [-0.1, -0.05) is 0 Å². The summed E-state index contributed by atoms with van der Waals surface area (Å²) in [6, 6.07) is 3.72. The smallest absolute Gasteiger partial charge is 0.223 e. The van der Waals surface area contributed by atoms with Crippen LogP contribution in [0.3, 0.4) is 0 Å². The van der Waals surface area contributed by atoms with Crippen molar-refractivity contribution < 1.29 is 8.78 Å². The second-order valence-corrected chi connectivity index (χ2v) is 3.95. The van der Waals surface area contributed by atoms with Gasteiger partial charge in [0.15, 0.2) is 0 Å². The zero-order chi connectivity index (χ0) is 14.0. The molecule has 5 nitrogen and oxygen atoms in total. The fraction of sp³-hybridized carbons (Fsp3) is 0.167. The Kier molecular flexibility index (Phi) is 3.46. The number of nitrogen functional groups attached to an aromatic ring is 1. The molecule has 0 amide bonds. The highest BCUT2D eigenvalue weighted by Crippen LogP contribution is 2.23. The molecule has 0 unspecified atom stereocenters. The Bertz CT molecular complexity index is 615. The van der Waals surface area contributed by atoms with Gasteiger partial charge in [-0.3, -0.25) is 0 Å². The van der Waals surface area contributed by atoms with Crippen molar-refractivity contribution >= 4 is 23.3 Å². The Morgan fingerprint density at radius 2 is 1.74 bits per heavy atom. The van der Waals surface area contributed by atoms with Crippen LogP contribution < -0.4 is 16.4 Å². The second-order valence-electron chi connectivity index (χ2n) is 3.95. The van der Waals surface area contributed by atoms with Crippen molar-refractivity contribution in [3.05, 3.63) is 35.4 Å². The lowest BCUT2D eigenvalue weighted by Gasteiger charge is -2.10. The molecule has 2 rings (SSSR count). The maximum atomic E-state index is 13.7. The van der Waals surface area contributed by atoms with E-state index in [2.05, 4.69) is 20.6 Å². The molecule has 19 heavy (non-hydrogen) atoms. The van der Waals surface area contributed by atoms with Crippen molar-refractivity contribution in [3.63, 3.8) is 0 Å². The van der Waals surface area contributed by atoms with E-state index < -0.39 is 11.6 Å². The lowest BCUT2D eigenvalue weighted by atomic mass is 10.2. The van der Waals surface area contributed by atoms with Crippen molar-refractivity contribution in [1.82, 2.24) is 9.97 Å². The number of hydrogen-bond acceptors (Lipinski definition) is 5. The summed E-state index contributed by atoms with van der Waals surface area (Å²) in [6.45, 7) is 1.49. The summed E-state index contributed by atoms with van der Waals surface area (Å²) in [7, 11) is 1.66. The Labute approximate surface area is 108 Å². The summed E-state index contributed by atoms with van der Waals surface area (Å²) in [4.78, 5) is 7.79. The second kappa shape index (κ2) is 5.05. The standard InChI is InChI=1S/C12H13F2N5/c1-6-3-8(14)9(4-7(6)13)17-11-5-10(16-2)18-12(15)19-11/h3-5H,1-2H3,(H4,15,16,17,18,19). The number of nitrogens with one attached hydrogen (secondary N) is 2. The molecular formula is C12H13F2N5. The number of nitrogens with zero attached hydrogens (tertiary/aromatic N) is 2. The molecule has 7 heteroatoms. The first kappa shape index (κ1) is 13.0. The number of aryl methyl sites for hydroxylation is 1. The van der Waals surface area contributed by atoms with Crippen LogP contribution in [0, 0.1) is 18.6 Å². The van der Waals surface area contributed by atoms with E-state index >= 15 is 0 Å². The van der Waals surface area contributed by atoms with Gasteiger partial charge in [-0.2, -0.15) is 9.97 Å². The summed E-state index contributed by atoms with van der Waals surface area (Å²) < 4.78 is 27.1. The molecular weight excluding hydrogens is 252 g/mol. The quantitative estimate of drug-likeness (QED) is 0.794. The lowest BCUT2D eigenvalue weighted by Crippen LogP contribution is -2.04. The zero-order valence-electron chi connectivity index (χ0n) is 10.5. The maximum absolute atomic E-state index is 13.7. The maximum Gasteiger partial charge on any atom is 0.223 e. The zero-order valence-corrected chi connectivity index (χ0v) is 10.5. The van der Waals surface area contributed by atoms with Crippen LogP contribution in [-0.4, -0.2) is 17.0 Å². The van der Waals surface area contributed by atoms with Crippen molar-refractivity contribution in [1.29, 1.82) is 0 Å². The molecule has 0 saturated heterocycles. The normalized spacial score (nSPS) is 10.3. The average Bonchev–Trinajstić information content (AvgIpc) is 2.35. The monoisotopic (exact) mass is 265 g/mol. The van der Waals surface area contributed by atoms with E-state index in [1.807, 2.05) is 0 Å². The van der Waals surface area contributed by atoms with Crippen LogP contribution in [0.1, 0.15) is 5.56 Å². The van der Waals surface area contributed by atoms with Gasteiger partial charge in [-0.15, -0.1) is 0 Å². The Morgan fingerprint density at radius 3 is 2.42 bits per heavy atom. The van der Waals surface area contributed by atoms with Crippen molar-refractivity contribution in [2.75, 3.05) is 23.4 Å². The van der Waals surface area contributed by atoms with Gasteiger partial charge in [0.2, 0.25) is 5.95 Å². The van der Waals surface area contributed by atoms with Gasteiger partial charge in [0.25, 0.3) is 0 Å². The molecule has 0 bridgehead atoms. The minimum absolute atomic E-state index is 0.0109. The van der Waals surface area contributed by atoms with Gasteiger partial charge in [0.05, 0.1) is 5.69 Å². The third-order valence-corrected chi connectivity index (χ3v) is 2.51. The minimum Gasteiger partial charge on any atom is -0.373 e. The number of aromatic nitrogens is 2. The molecule has 100 valence electrons. The molecule has 2 aromatic rings. The van der Waals surface area contributed by atoms with Gasteiger partial charge < -0.3 is 16.4 Å². The molecule has 1 aromatic carbocycles. The average molecular weight is 265 g/mol. The van der Waals surface area contributed by atoms with Crippen molar-refractivity contribution in [2.45, 2.75) is 6.92 Å². The van der Waals surface area contributed by atoms with E-state index in [0.717, 1.165) is 12.1 Å². The molecule has 0 fully saturated rings. The van der Waals surface area contributed by atoms with E-state index in [1.165, 1.54) is 13.0 Å². The van der Waals surface area contributed by atoms with Gasteiger partial charge in [0, 0.05) is 19.2 Å². The van der Waals surface area contributed by atoms with Crippen LogP contribution in [0.5, 0.6) is 0 Å². The Balaban J connectivity index is 2.36. The highest BCUT2D eigenvalue weighted by atomic mass is 19.1. The Morgan fingerprint density at radius 1 is 1.05 bits per heavy atom. The molecule has 1 heterocycles. The summed E-state index contributed by atoms with van der Waals surface area (Å²) in [5.41, 5.74) is 5.74. The number of rotatable bonds is 3. The number of nitrogens with two attached hydrogens (primary N) is 1. The summed E-state index contributed by atoms with van der Waals surface area (Å²) >= 11 is 0. The highest BCUT2D eigenvalue weighted by Gasteiger charge is 2.09. The molecule has 0 radical (unpaired) electrons. The molecule has 0 aliphatic heterocycles. The topological polar surface area (TPSA) is 75.9 Å². The predicted molar refractivity (Wildman–Crippen MR) is 70.4 cm³/mol. The molecule has 0 atom stereocenters. The number of hydrogen-bond donors (Lipinski definition) is 3. The van der Waals surface area contributed by atoms with Crippen LogP contribution in [0.2, 0.25) is 0 Å². The molecule has 0 aliphatic carbocycles. The first-order valence-electron chi connectivity index (χ1n) is 5.54. The van der Waals surface area contributed by atoms with E-state index in [9.17, 15) is 8.78 Å². The van der Waals surface area contributed by atoms with E-state index in [1.54, 1.807) is 7.05 Å². The fourth-order valence-corrected chi connectivity index (χ4v) is 1.54. The SMILES string of the molecule is CNc1cc(Nc2cc(F)c(C)cc2F)nc(N)n1. The largest absolute Gasteiger partial charge is 0.373 e. The third-order valence-electron chi connectivity index (χ3n) is 2.51. The van der Waals surface area contributed by atoms with Crippen molar-refractivity contribution in [2.24, 2.45) is 0 Å². The van der Waals surface area contributed by atoms with Gasteiger partial charge in [-0.25, -0.2) is 8.78 Å². The van der Waals surface area contributed by atoms with Crippen LogP contribution in [0.4, 0.5) is 32.1 Å².